The molecule has 0 aliphatic carbocycles. The molecule has 2 unspecified atom stereocenters. The molecular weight excluding hydrogens is 330 g/mol. The third-order valence-corrected chi connectivity index (χ3v) is 6.70. The van der Waals surface area contributed by atoms with Crippen molar-refractivity contribution < 1.29 is 8.42 Å². The van der Waals surface area contributed by atoms with Crippen molar-refractivity contribution in [1.29, 1.82) is 0 Å². The molecule has 7 heteroatoms. The Hall–Kier alpha value is -1.21. The van der Waals surface area contributed by atoms with Crippen LogP contribution in [-0.4, -0.2) is 51.3 Å². The van der Waals surface area contributed by atoms with Crippen molar-refractivity contribution in [2.24, 2.45) is 10.9 Å². The van der Waals surface area contributed by atoms with Crippen molar-refractivity contribution >= 4 is 27.6 Å². The summed E-state index contributed by atoms with van der Waals surface area (Å²) < 4.78 is 22.9. The van der Waals surface area contributed by atoms with Gasteiger partial charge in [0.2, 0.25) is 0 Å². The maximum absolute atomic E-state index is 11.5. The maximum atomic E-state index is 11.5. The van der Waals surface area contributed by atoms with E-state index >= 15 is 0 Å². The van der Waals surface area contributed by atoms with Crippen LogP contribution in [0.1, 0.15) is 13.3 Å². The number of benzene rings is 1. The summed E-state index contributed by atoms with van der Waals surface area (Å²) >= 11 is 1.81. The SMILES string of the molecule is CN=C(NCC1CCS(=O)(=O)C1)NCC(C)Sc1ccccc1. The molecule has 2 rings (SSSR count). The highest BCUT2D eigenvalue weighted by atomic mass is 32.2. The minimum absolute atomic E-state index is 0.190. The van der Waals surface area contributed by atoms with E-state index in [1.165, 1.54) is 4.90 Å². The lowest BCUT2D eigenvalue weighted by atomic mass is 10.1. The lowest BCUT2D eigenvalue weighted by Gasteiger charge is -2.17. The van der Waals surface area contributed by atoms with Gasteiger partial charge in [0, 0.05) is 30.3 Å². The molecular formula is C16H25N3O2S2. The quantitative estimate of drug-likeness (QED) is 0.462. The fraction of sp³-hybridized carbons (Fsp3) is 0.562. The van der Waals surface area contributed by atoms with Crippen molar-refractivity contribution in [2.45, 2.75) is 23.5 Å². The molecule has 0 saturated carbocycles. The number of thioether (sulfide) groups is 1. The second-order valence-electron chi connectivity index (χ2n) is 5.84. The summed E-state index contributed by atoms with van der Waals surface area (Å²) in [6, 6.07) is 10.3. The Bertz CT molecular complexity index is 617. The van der Waals surface area contributed by atoms with E-state index in [0.29, 0.717) is 17.5 Å². The molecule has 1 fully saturated rings. The summed E-state index contributed by atoms with van der Waals surface area (Å²) in [5.41, 5.74) is 0. The van der Waals surface area contributed by atoms with Gasteiger partial charge in [-0.05, 0) is 24.5 Å². The summed E-state index contributed by atoms with van der Waals surface area (Å²) in [4.78, 5) is 5.45. The Morgan fingerprint density at radius 1 is 1.35 bits per heavy atom. The van der Waals surface area contributed by atoms with Crippen molar-refractivity contribution in [3.63, 3.8) is 0 Å². The van der Waals surface area contributed by atoms with Crippen LogP contribution in [-0.2, 0) is 9.84 Å². The van der Waals surface area contributed by atoms with Gasteiger partial charge in [-0.1, -0.05) is 25.1 Å². The number of rotatable bonds is 6. The number of hydrogen-bond donors (Lipinski definition) is 2. The van der Waals surface area contributed by atoms with Crippen LogP contribution in [0.5, 0.6) is 0 Å². The third-order valence-electron chi connectivity index (χ3n) is 3.75. The number of aliphatic imine (C=N–C) groups is 1. The zero-order valence-electron chi connectivity index (χ0n) is 13.7. The molecule has 0 bridgehead atoms. The van der Waals surface area contributed by atoms with Gasteiger partial charge in [-0.2, -0.15) is 0 Å². The Balaban J connectivity index is 1.70. The highest BCUT2D eigenvalue weighted by Gasteiger charge is 2.27. The Morgan fingerprint density at radius 2 is 2.09 bits per heavy atom. The zero-order valence-corrected chi connectivity index (χ0v) is 15.3. The summed E-state index contributed by atoms with van der Waals surface area (Å²) in [6.07, 6.45) is 0.743. The van der Waals surface area contributed by atoms with Crippen molar-refractivity contribution in [3.8, 4) is 0 Å². The lowest BCUT2D eigenvalue weighted by molar-refractivity contribution is 0.567. The average molecular weight is 356 g/mol. The van der Waals surface area contributed by atoms with Crippen LogP contribution < -0.4 is 10.6 Å². The zero-order chi connectivity index (χ0) is 16.7. The van der Waals surface area contributed by atoms with Gasteiger partial charge in [-0.15, -0.1) is 11.8 Å². The monoisotopic (exact) mass is 355 g/mol. The number of guanidine groups is 1. The van der Waals surface area contributed by atoms with E-state index in [1.54, 1.807) is 7.05 Å². The van der Waals surface area contributed by atoms with Gasteiger partial charge in [0.05, 0.1) is 11.5 Å². The van der Waals surface area contributed by atoms with E-state index in [4.69, 9.17) is 0 Å². The first kappa shape index (κ1) is 18.1. The molecule has 5 nitrogen and oxygen atoms in total. The standard InChI is InChI=1S/C16H25N3O2S2/c1-13(22-15-6-4-3-5-7-15)10-18-16(17-2)19-11-14-8-9-23(20,21)12-14/h3-7,13-14H,8-12H2,1-2H3,(H2,17,18,19). The number of nitrogens with one attached hydrogen (secondary N) is 2. The van der Waals surface area contributed by atoms with E-state index < -0.39 is 9.84 Å². The molecule has 1 heterocycles. The molecule has 1 aliphatic heterocycles. The normalized spacial score (nSPS) is 21.8. The van der Waals surface area contributed by atoms with Gasteiger partial charge in [0.25, 0.3) is 0 Å². The predicted octanol–water partition coefficient (Wildman–Crippen LogP) is 1.77. The molecule has 1 aromatic carbocycles. The van der Waals surface area contributed by atoms with E-state index in [9.17, 15) is 8.42 Å². The molecule has 128 valence electrons. The molecule has 23 heavy (non-hydrogen) atoms. The first-order valence-corrected chi connectivity index (χ1v) is 10.6. The highest BCUT2D eigenvalue weighted by Crippen LogP contribution is 2.22. The second kappa shape index (κ2) is 8.59. The van der Waals surface area contributed by atoms with E-state index in [0.717, 1.165) is 18.9 Å². The smallest absolute Gasteiger partial charge is 0.191 e. The first-order valence-electron chi connectivity index (χ1n) is 7.85. The molecule has 2 N–H and O–H groups in total. The van der Waals surface area contributed by atoms with Crippen molar-refractivity contribution in [1.82, 2.24) is 10.6 Å². The van der Waals surface area contributed by atoms with E-state index in [2.05, 4.69) is 34.7 Å². The van der Waals surface area contributed by atoms with Gasteiger partial charge in [0.15, 0.2) is 15.8 Å². The molecule has 0 spiro atoms. The number of nitrogens with zero attached hydrogens (tertiary/aromatic N) is 1. The molecule has 1 aliphatic rings. The maximum Gasteiger partial charge on any atom is 0.191 e. The van der Waals surface area contributed by atoms with Gasteiger partial charge in [-0.25, -0.2) is 8.42 Å². The summed E-state index contributed by atoms with van der Waals surface area (Å²) in [7, 11) is -1.08. The molecule has 0 radical (unpaired) electrons. The van der Waals surface area contributed by atoms with Crippen molar-refractivity contribution in [3.05, 3.63) is 30.3 Å². The van der Waals surface area contributed by atoms with Crippen LogP contribution in [0.3, 0.4) is 0 Å². The van der Waals surface area contributed by atoms with Crippen LogP contribution in [0.2, 0.25) is 0 Å². The van der Waals surface area contributed by atoms with Gasteiger partial charge in [0.1, 0.15) is 0 Å². The van der Waals surface area contributed by atoms with Crippen LogP contribution >= 0.6 is 11.8 Å². The number of sulfone groups is 1. The summed E-state index contributed by atoms with van der Waals surface area (Å²) in [5.74, 6) is 1.53. The van der Waals surface area contributed by atoms with Crippen molar-refractivity contribution in [2.75, 3.05) is 31.6 Å². The average Bonchev–Trinajstić information content (AvgIpc) is 2.87. The van der Waals surface area contributed by atoms with Crippen LogP contribution in [0.4, 0.5) is 0 Å². The second-order valence-corrected chi connectivity index (χ2v) is 9.59. The Morgan fingerprint density at radius 3 is 2.70 bits per heavy atom. The Labute approximate surface area is 143 Å². The molecule has 1 saturated heterocycles. The van der Waals surface area contributed by atoms with Crippen LogP contribution in [0.25, 0.3) is 0 Å². The molecule has 1 aromatic rings. The predicted molar refractivity (Wildman–Crippen MR) is 97.9 cm³/mol. The first-order chi connectivity index (χ1) is 11.0. The Kier molecular flexibility index (Phi) is 6.77. The third kappa shape index (κ3) is 6.43. The van der Waals surface area contributed by atoms with Crippen LogP contribution in [0, 0.1) is 5.92 Å². The summed E-state index contributed by atoms with van der Waals surface area (Å²) in [5, 5.41) is 6.94. The van der Waals surface area contributed by atoms with E-state index in [1.807, 2.05) is 30.0 Å². The number of hydrogen-bond acceptors (Lipinski definition) is 4. The summed E-state index contributed by atoms with van der Waals surface area (Å²) in [6.45, 7) is 3.61. The van der Waals surface area contributed by atoms with E-state index in [-0.39, 0.29) is 11.7 Å². The lowest BCUT2D eigenvalue weighted by Crippen LogP contribution is -2.42. The van der Waals surface area contributed by atoms with Crippen LogP contribution in [0.15, 0.2) is 40.2 Å². The molecule has 0 aromatic heterocycles. The largest absolute Gasteiger partial charge is 0.356 e. The highest BCUT2D eigenvalue weighted by molar-refractivity contribution is 8.00. The molecule has 2 atom stereocenters. The van der Waals surface area contributed by atoms with Gasteiger partial charge >= 0.3 is 0 Å². The fourth-order valence-electron chi connectivity index (χ4n) is 2.51. The van der Waals surface area contributed by atoms with Gasteiger partial charge < -0.3 is 10.6 Å². The minimum atomic E-state index is -2.81. The fourth-order valence-corrected chi connectivity index (χ4v) is 5.32. The minimum Gasteiger partial charge on any atom is -0.356 e. The van der Waals surface area contributed by atoms with Gasteiger partial charge in [-0.3, -0.25) is 4.99 Å². The topological polar surface area (TPSA) is 70.6 Å². The molecule has 0 amide bonds.